The smallest absolute Gasteiger partial charge is 0.305 e. The number of rotatable bonds is 6. The third-order valence-corrected chi connectivity index (χ3v) is 4.09. The van der Waals surface area contributed by atoms with Crippen molar-refractivity contribution in [2.45, 2.75) is 18.9 Å². The topological polar surface area (TPSA) is 66.4 Å². The van der Waals surface area contributed by atoms with Gasteiger partial charge in [0.05, 0.1) is 18.9 Å². The van der Waals surface area contributed by atoms with E-state index in [-0.39, 0.29) is 18.7 Å². The lowest BCUT2D eigenvalue weighted by Gasteiger charge is -2.17. The minimum absolute atomic E-state index is 0.145. The van der Waals surface area contributed by atoms with Crippen molar-refractivity contribution in [3.63, 3.8) is 0 Å². The molecule has 25 heavy (non-hydrogen) atoms. The highest BCUT2D eigenvalue weighted by atomic mass is 16.4. The van der Waals surface area contributed by atoms with Crippen LogP contribution in [0.3, 0.4) is 0 Å². The molecule has 0 radical (unpaired) electrons. The van der Waals surface area contributed by atoms with E-state index in [4.69, 9.17) is 5.11 Å². The third-order valence-electron chi connectivity index (χ3n) is 4.09. The molecule has 2 N–H and O–H groups in total. The van der Waals surface area contributed by atoms with Crippen molar-refractivity contribution in [3.8, 4) is 0 Å². The zero-order chi connectivity index (χ0) is 17.6. The van der Waals surface area contributed by atoms with E-state index in [9.17, 15) is 9.59 Å². The number of carboxylic acids is 1. The lowest BCUT2D eigenvalue weighted by Crippen LogP contribution is -2.31. The number of fused-ring (bicyclic) bond motifs is 1. The van der Waals surface area contributed by atoms with E-state index in [1.807, 2.05) is 72.8 Å². The molecule has 4 nitrogen and oxygen atoms in total. The van der Waals surface area contributed by atoms with Gasteiger partial charge in [0.15, 0.2) is 0 Å². The first-order chi connectivity index (χ1) is 12.1. The number of hydrogen-bond acceptors (Lipinski definition) is 2. The van der Waals surface area contributed by atoms with E-state index in [1.165, 1.54) is 0 Å². The van der Waals surface area contributed by atoms with Crippen molar-refractivity contribution >= 4 is 22.6 Å². The van der Waals surface area contributed by atoms with E-state index in [1.54, 1.807) is 0 Å². The zero-order valence-corrected chi connectivity index (χ0v) is 13.7. The summed E-state index contributed by atoms with van der Waals surface area (Å²) >= 11 is 0. The largest absolute Gasteiger partial charge is 0.481 e. The molecule has 1 atom stereocenters. The van der Waals surface area contributed by atoms with E-state index in [2.05, 4.69) is 5.32 Å². The standard InChI is InChI=1S/C21H19NO3/c23-20(13-15-10-11-16-6-4-5-9-18(16)12-15)22-19(14-21(24)25)17-7-2-1-3-8-17/h1-12,19H,13-14H2,(H,22,23)(H,24,25). The molecule has 0 aliphatic rings. The van der Waals surface area contributed by atoms with E-state index in [0.29, 0.717) is 0 Å². The second-order valence-electron chi connectivity index (χ2n) is 5.99. The molecular formula is C21H19NO3. The van der Waals surface area contributed by atoms with Gasteiger partial charge in [-0.05, 0) is 21.9 Å². The molecule has 0 saturated carbocycles. The first-order valence-electron chi connectivity index (χ1n) is 8.15. The third kappa shape index (κ3) is 4.44. The molecule has 0 fully saturated rings. The maximum atomic E-state index is 12.4. The predicted molar refractivity (Wildman–Crippen MR) is 97.2 cm³/mol. The second kappa shape index (κ2) is 7.62. The minimum atomic E-state index is -0.945. The zero-order valence-electron chi connectivity index (χ0n) is 13.7. The highest BCUT2D eigenvalue weighted by Crippen LogP contribution is 2.18. The summed E-state index contributed by atoms with van der Waals surface area (Å²) < 4.78 is 0. The summed E-state index contributed by atoms with van der Waals surface area (Å²) in [6.07, 6.45) is 0.0707. The molecule has 0 aromatic heterocycles. The van der Waals surface area contributed by atoms with Crippen molar-refractivity contribution in [2.24, 2.45) is 0 Å². The molecule has 126 valence electrons. The lowest BCUT2D eigenvalue weighted by atomic mass is 10.0. The van der Waals surface area contributed by atoms with Crippen LogP contribution in [-0.2, 0) is 16.0 Å². The first-order valence-corrected chi connectivity index (χ1v) is 8.15. The number of hydrogen-bond donors (Lipinski definition) is 2. The van der Waals surface area contributed by atoms with Crippen LogP contribution in [0.5, 0.6) is 0 Å². The van der Waals surface area contributed by atoms with E-state index < -0.39 is 12.0 Å². The van der Waals surface area contributed by atoms with Gasteiger partial charge >= 0.3 is 5.97 Å². The molecule has 0 spiro atoms. The van der Waals surface area contributed by atoms with Crippen LogP contribution in [0.15, 0.2) is 72.8 Å². The molecule has 0 saturated heterocycles. The van der Waals surface area contributed by atoms with Crippen molar-refractivity contribution in [2.75, 3.05) is 0 Å². The number of carbonyl (C=O) groups is 2. The Morgan fingerprint density at radius 2 is 1.56 bits per heavy atom. The van der Waals surface area contributed by atoms with Crippen molar-refractivity contribution < 1.29 is 14.7 Å². The molecule has 0 aliphatic heterocycles. The fourth-order valence-electron chi connectivity index (χ4n) is 2.89. The summed E-state index contributed by atoms with van der Waals surface area (Å²) in [5.41, 5.74) is 1.69. The average Bonchev–Trinajstić information content (AvgIpc) is 2.61. The van der Waals surface area contributed by atoms with Crippen molar-refractivity contribution in [3.05, 3.63) is 83.9 Å². The van der Waals surface area contributed by atoms with Gasteiger partial charge in [0.25, 0.3) is 0 Å². The highest BCUT2D eigenvalue weighted by molar-refractivity contribution is 5.85. The summed E-state index contributed by atoms with van der Waals surface area (Å²) in [5.74, 6) is -1.13. The van der Waals surface area contributed by atoms with Gasteiger partial charge in [-0.3, -0.25) is 9.59 Å². The molecule has 3 aromatic carbocycles. The summed E-state index contributed by atoms with van der Waals surface area (Å²) in [4.78, 5) is 23.5. The number of benzene rings is 3. The molecule has 1 unspecified atom stereocenters. The van der Waals surface area contributed by atoms with Gasteiger partial charge < -0.3 is 10.4 Å². The normalized spacial score (nSPS) is 11.8. The van der Waals surface area contributed by atoms with Crippen LogP contribution >= 0.6 is 0 Å². The maximum absolute atomic E-state index is 12.4. The van der Waals surface area contributed by atoms with E-state index in [0.717, 1.165) is 21.9 Å². The monoisotopic (exact) mass is 333 g/mol. The van der Waals surface area contributed by atoms with Crippen LogP contribution in [0.25, 0.3) is 10.8 Å². The molecule has 4 heteroatoms. The maximum Gasteiger partial charge on any atom is 0.305 e. The first kappa shape index (κ1) is 16.7. The van der Waals surface area contributed by atoms with Crippen LogP contribution in [0.2, 0.25) is 0 Å². The van der Waals surface area contributed by atoms with Gasteiger partial charge in [0.2, 0.25) is 5.91 Å². The summed E-state index contributed by atoms with van der Waals surface area (Å²) in [6, 6.07) is 22.5. The Balaban J connectivity index is 1.73. The van der Waals surface area contributed by atoms with Gasteiger partial charge in [-0.25, -0.2) is 0 Å². The van der Waals surface area contributed by atoms with Gasteiger partial charge in [-0.2, -0.15) is 0 Å². The molecule has 0 aliphatic carbocycles. The van der Waals surface area contributed by atoms with Crippen molar-refractivity contribution in [1.82, 2.24) is 5.32 Å². The highest BCUT2D eigenvalue weighted by Gasteiger charge is 2.18. The SMILES string of the molecule is O=C(O)CC(NC(=O)Cc1ccc2ccccc2c1)c1ccccc1. The fourth-order valence-corrected chi connectivity index (χ4v) is 2.89. The van der Waals surface area contributed by atoms with Gasteiger partial charge in [0, 0.05) is 0 Å². The molecule has 0 heterocycles. The number of amides is 1. The van der Waals surface area contributed by atoms with Crippen LogP contribution in [0.4, 0.5) is 0 Å². The quantitative estimate of drug-likeness (QED) is 0.722. The summed E-state index contributed by atoms with van der Waals surface area (Å²) in [5, 5.41) is 14.2. The minimum Gasteiger partial charge on any atom is -0.481 e. The van der Waals surface area contributed by atoms with Crippen LogP contribution < -0.4 is 5.32 Å². The average molecular weight is 333 g/mol. The summed E-state index contributed by atoms with van der Waals surface area (Å²) in [6.45, 7) is 0. The predicted octanol–water partition coefficient (Wildman–Crippen LogP) is 3.71. The second-order valence-corrected chi connectivity index (χ2v) is 5.99. The number of carboxylic acid groups (broad SMARTS) is 1. The van der Waals surface area contributed by atoms with E-state index >= 15 is 0 Å². The van der Waals surface area contributed by atoms with Gasteiger partial charge in [-0.15, -0.1) is 0 Å². The fraction of sp³-hybridized carbons (Fsp3) is 0.143. The lowest BCUT2D eigenvalue weighted by molar-refractivity contribution is -0.137. The van der Waals surface area contributed by atoms with Gasteiger partial charge in [0.1, 0.15) is 0 Å². The Morgan fingerprint density at radius 3 is 2.28 bits per heavy atom. The Morgan fingerprint density at radius 1 is 0.880 bits per heavy atom. The number of carbonyl (C=O) groups excluding carboxylic acids is 1. The van der Waals surface area contributed by atoms with Crippen LogP contribution in [0, 0.1) is 0 Å². The Hall–Kier alpha value is -3.14. The van der Waals surface area contributed by atoms with Crippen LogP contribution in [-0.4, -0.2) is 17.0 Å². The van der Waals surface area contributed by atoms with Crippen molar-refractivity contribution in [1.29, 1.82) is 0 Å². The molecule has 3 aromatic rings. The number of aliphatic carboxylic acids is 1. The van der Waals surface area contributed by atoms with Gasteiger partial charge in [-0.1, -0.05) is 72.8 Å². The Bertz CT molecular complexity index is 890. The van der Waals surface area contributed by atoms with Crippen LogP contribution in [0.1, 0.15) is 23.6 Å². The molecule has 1 amide bonds. The number of nitrogens with one attached hydrogen (secondary N) is 1. The Kier molecular flexibility index (Phi) is 5.09. The molecule has 3 rings (SSSR count). The molecule has 0 bridgehead atoms. The Labute approximate surface area is 146 Å². The molecular weight excluding hydrogens is 314 g/mol. The summed E-state index contributed by atoms with van der Waals surface area (Å²) in [7, 11) is 0.